The Kier molecular flexibility index (Phi) is 20.2. The van der Waals surface area contributed by atoms with E-state index < -0.39 is 62.9 Å². The van der Waals surface area contributed by atoms with Gasteiger partial charge in [-0.15, -0.1) is 0 Å². The van der Waals surface area contributed by atoms with Gasteiger partial charge in [-0.05, 0) is 0 Å². The summed E-state index contributed by atoms with van der Waals surface area (Å²) in [6.07, 6.45) is 15.3. The molecule has 0 amide bonds. The Balaban J connectivity index is 0.000000222. The van der Waals surface area contributed by atoms with Crippen molar-refractivity contribution >= 4 is 171 Å². The molecule has 0 aliphatic carbocycles. The van der Waals surface area contributed by atoms with Gasteiger partial charge in [0.15, 0.2) is 49.6 Å². The van der Waals surface area contributed by atoms with Gasteiger partial charge in [-0.25, -0.2) is 19.9 Å². The molecule has 537 valence electrons. The third kappa shape index (κ3) is 14.6. The molecule has 0 saturated carbocycles. The van der Waals surface area contributed by atoms with Crippen molar-refractivity contribution < 1.29 is 64.3 Å². The molecule has 0 saturated heterocycles. The number of rotatable bonds is 7. The fraction of sp³-hybridized carbons (Fsp3) is 0.117. The molecule has 30 heteroatoms. The molecule has 107 heavy (non-hydrogen) atoms. The Labute approximate surface area is 623 Å². The van der Waals surface area contributed by atoms with Crippen LogP contribution in [0.15, 0.2) is 264 Å². The van der Waals surface area contributed by atoms with E-state index in [0.29, 0.717) is 88.8 Å². The predicted molar refractivity (Wildman–Crippen MR) is 413 cm³/mol. The first kappa shape index (κ1) is 73.6. The van der Waals surface area contributed by atoms with E-state index in [1.165, 1.54) is 65.2 Å². The van der Waals surface area contributed by atoms with E-state index in [1.807, 2.05) is 198 Å². The van der Waals surface area contributed by atoms with E-state index in [2.05, 4.69) is 39.5 Å². The van der Waals surface area contributed by atoms with Crippen LogP contribution < -0.4 is 50.5 Å². The zero-order valence-corrected chi connectivity index (χ0v) is 64.0. The normalized spacial score (nSPS) is 12.9. The second-order valence-electron chi connectivity index (χ2n) is 25.9. The van der Waals surface area contributed by atoms with Crippen LogP contribution in [-0.4, -0.2) is 149 Å². The van der Waals surface area contributed by atoms with Gasteiger partial charge >= 0.3 is 405 Å². The number of anilines is 4. The quantitative estimate of drug-likeness (QED) is 0.110. The summed E-state index contributed by atoms with van der Waals surface area (Å²) in [6.45, 7) is 2.01. The van der Waals surface area contributed by atoms with Gasteiger partial charge in [0.05, 0.1) is 0 Å². The van der Waals surface area contributed by atoms with Crippen molar-refractivity contribution in [3.63, 3.8) is 0 Å². The minimum Gasteiger partial charge on any atom is -0.412 e. The molecule has 6 aromatic heterocycles. The molecule has 1 radical (unpaired) electrons. The number of H-pyrrole nitrogens is 4. The number of hydrogen-bond donors (Lipinski definition) is 0. The zero-order valence-electron chi connectivity index (χ0n) is 59.1. The maximum atomic E-state index is 12.8. The molecule has 6 N–H and O–H groups in total. The van der Waals surface area contributed by atoms with Crippen molar-refractivity contribution in [1.29, 1.82) is 0 Å². The number of hydrogen-bond acceptors (Lipinski definition) is 19. The molecule has 4 aliphatic heterocycles. The van der Waals surface area contributed by atoms with Crippen molar-refractivity contribution in [2.75, 3.05) is 76.0 Å². The van der Waals surface area contributed by atoms with E-state index in [4.69, 9.17) is 30.0 Å². The maximum absolute atomic E-state index is 12.8. The summed E-state index contributed by atoms with van der Waals surface area (Å²) >= 11 is -2.37. The van der Waals surface area contributed by atoms with Crippen LogP contribution in [0.3, 0.4) is 0 Å². The van der Waals surface area contributed by atoms with Gasteiger partial charge in [0.1, 0.15) is 0 Å². The minimum atomic E-state index is -4.98. The van der Waals surface area contributed by atoms with Crippen LogP contribution in [0, 0.1) is 6.92 Å². The van der Waals surface area contributed by atoms with Gasteiger partial charge in [0, 0.05) is 128 Å². The number of aryl methyl sites for hydroxylation is 1. The summed E-state index contributed by atoms with van der Waals surface area (Å²) in [7, 11) is 1.27. The topological polar surface area (TPSA) is 357 Å². The number of pyridine rings is 4. The number of nitrogens with one attached hydrogen (secondary N) is 4. The number of fused-ring (bicyclic) bond motifs is 18. The SMILES string of the molecule is CN(C)c1cc[nH+]cc1.CN(C)c1cc[nH+]cc1.CN(C)c1cc[nH+]cc1.CN(C)c1cc[nH+]cc1.Cc1cccc2cc3c(cc12)C1=NC3=Nc2c3cc4c(S(=O)(=O)[O-])cccc4cc3c3[n]2[Ga][n]2c(c4cc5cccc(S(=O)(=O)[O-])c5cc4c2=NC2=NC(=N3)c3cc4c(S(=O)(=O)[O-])cccc4cc32)=N1.O. The first-order valence-corrected chi connectivity index (χ1v) is 39.5. The van der Waals surface area contributed by atoms with Crippen LogP contribution in [0.25, 0.3) is 64.6 Å². The van der Waals surface area contributed by atoms with Crippen molar-refractivity contribution in [2.24, 2.45) is 30.0 Å². The molecule has 0 unspecified atom stereocenters. The Morgan fingerprint density at radius 2 is 0.617 bits per heavy atom. The largest absolute Gasteiger partial charge is 0.412 e. The Bertz CT molecular complexity index is 6370. The standard InChI is InChI=1S/C49H26N8O9S3.4C7H10N2.Ga.H2O/c1-22-6-2-7-23-14-31-35(18-27(22)23)46-50-42(31)52-47-37-20-29-25(9-4-12-40(29)68(61,62)63)16-33(37)44(54-47)56-49-38-21-30-26(10-5-13-41(30)69(64,65)66)17-34(38)45(57-49)55-48-36-19-28-24(15-32(36)43(51-46)53-48)8-3-11-39(28)67(58,59)60;4*1-9(2)7-3-5-8-6-4-7;;/h2-21H,1H3,(H3-2,50,51,52,53,54,55,56,57,58,59,60,61,62,63,64,65,66);4*3-6H,1-2H3;;1H2/q-2;;;;;+2;/p+1. The van der Waals surface area contributed by atoms with Crippen molar-refractivity contribution in [1.82, 2.24) is 6.55 Å². The fourth-order valence-electron chi connectivity index (χ4n) is 12.9. The van der Waals surface area contributed by atoms with Crippen LogP contribution in [0.5, 0.6) is 0 Å². The van der Waals surface area contributed by atoms with Gasteiger partial charge < -0.3 is 25.1 Å². The van der Waals surface area contributed by atoms with Gasteiger partial charge in [-0.1, -0.05) is 0 Å². The van der Waals surface area contributed by atoms with Crippen molar-refractivity contribution in [3.8, 4) is 0 Å². The number of benzene rings is 8. The fourth-order valence-corrected chi connectivity index (χ4v) is 18.0. The van der Waals surface area contributed by atoms with E-state index in [0.717, 1.165) is 16.3 Å². The van der Waals surface area contributed by atoms with Crippen LogP contribution in [-0.2, 0) is 30.4 Å². The Morgan fingerprint density at radius 1 is 0.327 bits per heavy atom. The van der Waals surface area contributed by atoms with Crippen molar-refractivity contribution in [2.45, 2.75) is 21.6 Å². The maximum Gasteiger partial charge on any atom is -0.412 e. The molecule has 4 aliphatic rings. The molecule has 14 aromatic rings. The predicted octanol–water partition coefficient (Wildman–Crippen LogP) is 7.55. The van der Waals surface area contributed by atoms with E-state index >= 15 is 0 Å². The monoisotopic (exact) mass is 1540 g/mol. The third-order valence-electron chi connectivity index (χ3n) is 18.2. The molecule has 0 fully saturated rings. The molecular formula is C77H69GaN16O10S3+. The van der Waals surface area contributed by atoms with Gasteiger partial charge in [-0.3, -0.25) is 0 Å². The average molecular weight is 1540 g/mol. The first-order chi connectivity index (χ1) is 50.7. The summed E-state index contributed by atoms with van der Waals surface area (Å²) in [4.78, 5) is 50.1. The van der Waals surface area contributed by atoms with E-state index in [1.54, 1.807) is 48.5 Å². The Morgan fingerprint density at radius 3 is 0.981 bits per heavy atom. The van der Waals surface area contributed by atoms with Gasteiger partial charge in [0.2, 0.25) is 0 Å². The summed E-state index contributed by atoms with van der Waals surface area (Å²) in [5, 5.41) is 5.43. The third-order valence-corrected chi connectivity index (χ3v) is 23.9. The molecule has 8 aromatic carbocycles. The summed E-state index contributed by atoms with van der Waals surface area (Å²) in [5.74, 6) is 1.49. The van der Waals surface area contributed by atoms with E-state index in [9.17, 15) is 38.9 Å². The van der Waals surface area contributed by atoms with E-state index in [-0.39, 0.29) is 38.8 Å². The number of aromatic amines is 4. The van der Waals surface area contributed by atoms with Crippen molar-refractivity contribution in [3.05, 3.63) is 258 Å². The van der Waals surface area contributed by atoms with Gasteiger partial charge in [-0.2, -0.15) is 0 Å². The molecule has 26 nitrogen and oxygen atoms in total. The summed E-state index contributed by atoms with van der Waals surface area (Å²) in [5.41, 5.74) is 8.67. The number of aromatic nitrogens is 6. The molecule has 6 bridgehead atoms. The second kappa shape index (κ2) is 29.3. The molecule has 0 spiro atoms. The van der Waals surface area contributed by atoms with Gasteiger partial charge in [0.25, 0.3) is 0 Å². The molecule has 10 heterocycles. The number of amidine groups is 4. The molecule has 0 atom stereocenters. The summed E-state index contributed by atoms with van der Waals surface area (Å²) < 4.78 is 119. The average Bonchev–Trinajstić information content (AvgIpc) is 1.56. The molecular weight excluding hydrogens is 1470 g/mol. The summed E-state index contributed by atoms with van der Waals surface area (Å²) in [6, 6.07) is 49.3. The van der Waals surface area contributed by atoms with Crippen LogP contribution in [0.4, 0.5) is 34.4 Å². The number of aliphatic imine (C=N–C) groups is 4. The van der Waals surface area contributed by atoms with Crippen LogP contribution in [0.1, 0.15) is 27.8 Å². The number of nitrogens with zero attached hydrogens (tertiary/aromatic N) is 12. The van der Waals surface area contributed by atoms with Crippen LogP contribution >= 0.6 is 0 Å². The molecule has 18 rings (SSSR count). The minimum absolute atomic E-state index is 0. The zero-order chi connectivity index (χ0) is 74.7. The van der Waals surface area contributed by atoms with Crippen LogP contribution in [0.2, 0.25) is 0 Å². The smallest absolute Gasteiger partial charge is 0.412 e. The Hall–Kier alpha value is -11.7. The first-order valence-electron chi connectivity index (χ1n) is 33.1. The second-order valence-corrected chi connectivity index (χ2v) is 32.6.